The van der Waals surface area contributed by atoms with Gasteiger partial charge in [0.05, 0.1) is 12.2 Å². The molecule has 3 aromatic carbocycles. The molecule has 0 bridgehead atoms. The summed E-state index contributed by atoms with van der Waals surface area (Å²) < 4.78 is 10.7. The molecule has 0 aromatic heterocycles. The van der Waals surface area contributed by atoms with Gasteiger partial charge in [-0.05, 0) is 66.3 Å². The number of carbonyl (C=O) groups excluding carboxylic acids is 3. The molecule has 1 aliphatic carbocycles. The molecule has 0 spiro atoms. The topological polar surface area (TPSA) is 84.9 Å². The molecule has 5 rings (SSSR count). The van der Waals surface area contributed by atoms with E-state index in [-0.39, 0.29) is 36.4 Å². The lowest BCUT2D eigenvalue weighted by Crippen LogP contribution is -2.42. The fourth-order valence-electron chi connectivity index (χ4n) is 5.16. The zero-order chi connectivity index (χ0) is 25.8. The smallest absolute Gasteiger partial charge is 0.409 e. The standard InChI is InChI=1S/C30H30N2O5/c1-2-36-29(34)21-11-13-22(14-12-21)31-28(33)20-15-17-32(18-16-20)30(35)37-19-27-25-9-5-3-7-23(25)24-8-4-6-10-26(24)27/h3-14,20,27H,2,15-19H2,1H3,(H,31,33). The van der Waals surface area contributed by atoms with Crippen LogP contribution in [0.15, 0.2) is 72.8 Å². The third-order valence-electron chi connectivity index (χ3n) is 7.12. The molecule has 0 saturated carbocycles. The molecule has 1 fully saturated rings. The lowest BCUT2D eigenvalue weighted by molar-refractivity contribution is -0.121. The Morgan fingerprint density at radius 1 is 0.838 bits per heavy atom. The number of fused-ring (bicyclic) bond motifs is 3. The number of anilines is 1. The molecular formula is C30H30N2O5. The predicted octanol–water partition coefficient (Wildman–Crippen LogP) is 5.46. The number of piperidine rings is 1. The maximum atomic E-state index is 12.8. The first kappa shape index (κ1) is 24.6. The third kappa shape index (κ3) is 5.21. The fraction of sp³-hybridized carbons (Fsp3) is 0.300. The largest absolute Gasteiger partial charge is 0.462 e. The number of carbonyl (C=O) groups is 3. The molecule has 0 unspecified atom stereocenters. The Kier molecular flexibility index (Phi) is 7.21. The second-order valence-corrected chi connectivity index (χ2v) is 9.35. The summed E-state index contributed by atoms with van der Waals surface area (Å²) >= 11 is 0. The van der Waals surface area contributed by atoms with Crippen molar-refractivity contribution in [3.8, 4) is 11.1 Å². The van der Waals surface area contributed by atoms with Gasteiger partial charge in [0.2, 0.25) is 5.91 Å². The second-order valence-electron chi connectivity index (χ2n) is 9.35. The van der Waals surface area contributed by atoms with Crippen molar-refractivity contribution in [2.45, 2.75) is 25.7 Å². The van der Waals surface area contributed by atoms with Gasteiger partial charge in [0.15, 0.2) is 0 Å². The van der Waals surface area contributed by atoms with E-state index in [4.69, 9.17) is 9.47 Å². The van der Waals surface area contributed by atoms with E-state index in [1.165, 1.54) is 22.3 Å². The minimum Gasteiger partial charge on any atom is -0.462 e. The van der Waals surface area contributed by atoms with Crippen molar-refractivity contribution >= 4 is 23.7 Å². The molecule has 1 N–H and O–H groups in total. The molecule has 7 nitrogen and oxygen atoms in total. The maximum Gasteiger partial charge on any atom is 0.409 e. The SMILES string of the molecule is CCOC(=O)c1ccc(NC(=O)C2CCN(C(=O)OCC3c4ccccc4-c4ccccc43)CC2)cc1. The highest BCUT2D eigenvalue weighted by Crippen LogP contribution is 2.44. The number of rotatable bonds is 6. The molecule has 0 atom stereocenters. The molecule has 0 radical (unpaired) electrons. The van der Waals surface area contributed by atoms with Crippen LogP contribution in [0.5, 0.6) is 0 Å². The first-order valence-corrected chi connectivity index (χ1v) is 12.7. The Morgan fingerprint density at radius 3 is 2.03 bits per heavy atom. The number of likely N-dealkylation sites (tertiary alicyclic amines) is 1. The average Bonchev–Trinajstić information content (AvgIpc) is 3.26. The average molecular weight is 499 g/mol. The summed E-state index contributed by atoms with van der Waals surface area (Å²) in [6.45, 7) is 3.29. The van der Waals surface area contributed by atoms with Crippen molar-refractivity contribution in [3.63, 3.8) is 0 Å². The predicted molar refractivity (Wildman–Crippen MR) is 140 cm³/mol. The van der Waals surface area contributed by atoms with Gasteiger partial charge in [-0.2, -0.15) is 0 Å². The van der Waals surface area contributed by atoms with Gasteiger partial charge in [0.1, 0.15) is 6.61 Å². The minimum atomic E-state index is -0.388. The molecule has 1 heterocycles. The van der Waals surface area contributed by atoms with Crippen LogP contribution in [0.2, 0.25) is 0 Å². The van der Waals surface area contributed by atoms with E-state index in [9.17, 15) is 14.4 Å². The van der Waals surface area contributed by atoms with Crippen molar-refractivity contribution in [1.29, 1.82) is 0 Å². The molecular weight excluding hydrogens is 468 g/mol. The molecule has 2 amide bonds. The molecule has 2 aliphatic rings. The quantitative estimate of drug-likeness (QED) is 0.456. The van der Waals surface area contributed by atoms with Crippen LogP contribution < -0.4 is 5.32 Å². The van der Waals surface area contributed by atoms with Crippen molar-refractivity contribution in [3.05, 3.63) is 89.5 Å². The number of amides is 2. The first-order chi connectivity index (χ1) is 18.0. The van der Waals surface area contributed by atoms with Gasteiger partial charge in [0, 0.05) is 30.6 Å². The van der Waals surface area contributed by atoms with E-state index in [0.717, 1.165) is 0 Å². The van der Waals surface area contributed by atoms with Crippen LogP contribution in [0, 0.1) is 5.92 Å². The molecule has 1 saturated heterocycles. The number of benzene rings is 3. The first-order valence-electron chi connectivity index (χ1n) is 12.7. The van der Waals surface area contributed by atoms with Crippen LogP contribution in [0.1, 0.15) is 47.2 Å². The van der Waals surface area contributed by atoms with Crippen LogP contribution in [-0.2, 0) is 14.3 Å². The summed E-state index contributed by atoms with van der Waals surface area (Å²) in [5, 5.41) is 2.91. The van der Waals surface area contributed by atoms with Crippen molar-refractivity contribution in [2.75, 3.05) is 31.6 Å². The van der Waals surface area contributed by atoms with Crippen LogP contribution >= 0.6 is 0 Å². The van der Waals surface area contributed by atoms with E-state index < -0.39 is 0 Å². The van der Waals surface area contributed by atoms with Gasteiger partial charge >= 0.3 is 12.1 Å². The molecule has 190 valence electrons. The van der Waals surface area contributed by atoms with Gasteiger partial charge in [-0.1, -0.05) is 48.5 Å². The maximum absolute atomic E-state index is 12.8. The van der Waals surface area contributed by atoms with Gasteiger partial charge in [-0.15, -0.1) is 0 Å². The number of ether oxygens (including phenoxy) is 2. The number of hydrogen-bond donors (Lipinski definition) is 1. The van der Waals surface area contributed by atoms with E-state index in [0.29, 0.717) is 43.8 Å². The summed E-state index contributed by atoms with van der Waals surface area (Å²) in [5.41, 5.74) is 5.82. The molecule has 3 aromatic rings. The number of nitrogens with one attached hydrogen (secondary N) is 1. The summed E-state index contributed by atoms with van der Waals surface area (Å²) in [7, 11) is 0. The fourth-order valence-corrected chi connectivity index (χ4v) is 5.16. The lowest BCUT2D eigenvalue weighted by atomic mass is 9.96. The van der Waals surface area contributed by atoms with Crippen molar-refractivity contribution in [2.24, 2.45) is 5.92 Å². The third-order valence-corrected chi connectivity index (χ3v) is 7.12. The summed E-state index contributed by atoms with van der Waals surface area (Å²) in [6, 6.07) is 23.2. The number of nitrogens with zero attached hydrogens (tertiary/aromatic N) is 1. The summed E-state index contributed by atoms with van der Waals surface area (Å²) in [5.74, 6) is -0.644. The van der Waals surface area contributed by atoms with Crippen LogP contribution in [0.3, 0.4) is 0 Å². The van der Waals surface area contributed by atoms with Crippen LogP contribution in [0.25, 0.3) is 11.1 Å². The Labute approximate surface area is 216 Å². The zero-order valence-corrected chi connectivity index (χ0v) is 20.8. The van der Waals surface area contributed by atoms with E-state index in [1.54, 1.807) is 36.1 Å². The van der Waals surface area contributed by atoms with Crippen LogP contribution in [0.4, 0.5) is 10.5 Å². The monoisotopic (exact) mass is 498 g/mol. The van der Waals surface area contributed by atoms with Crippen molar-refractivity contribution in [1.82, 2.24) is 4.90 Å². The number of hydrogen-bond acceptors (Lipinski definition) is 5. The Bertz CT molecular complexity index is 1250. The van der Waals surface area contributed by atoms with Gasteiger partial charge in [-0.3, -0.25) is 4.79 Å². The van der Waals surface area contributed by atoms with Gasteiger partial charge in [0.25, 0.3) is 0 Å². The highest BCUT2D eigenvalue weighted by Gasteiger charge is 2.31. The second kappa shape index (κ2) is 10.9. The highest BCUT2D eigenvalue weighted by molar-refractivity contribution is 5.94. The van der Waals surface area contributed by atoms with Crippen molar-refractivity contribution < 1.29 is 23.9 Å². The molecule has 37 heavy (non-hydrogen) atoms. The Hall–Kier alpha value is -4.13. The van der Waals surface area contributed by atoms with E-state index in [1.807, 2.05) is 24.3 Å². The highest BCUT2D eigenvalue weighted by atomic mass is 16.6. The zero-order valence-electron chi connectivity index (χ0n) is 20.8. The lowest BCUT2D eigenvalue weighted by Gasteiger charge is -2.31. The van der Waals surface area contributed by atoms with Crippen LogP contribution in [-0.4, -0.2) is 49.2 Å². The molecule has 7 heteroatoms. The minimum absolute atomic E-state index is 0.0230. The number of esters is 1. The Balaban J connectivity index is 1.12. The van der Waals surface area contributed by atoms with E-state index in [2.05, 4.69) is 29.6 Å². The van der Waals surface area contributed by atoms with Gasteiger partial charge in [-0.25, -0.2) is 9.59 Å². The normalized spacial score (nSPS) is 15.0. The van der Waals surface area contributed by atoms with E-state index >= 15 is 0 Å². The molecule has 1 aliphatic heterocycles. The summed E-state index contributed by atoms with van der Waals surface area (Å²) in [4.78, 5) is 39.1. The summed E-state index contributed by atoms with van der Waals surface area (Å²) in [6.07, 6.45) is 0.795. The van der Waals surface area contributed by atoms with Gasteiger partial charge < -0.3 is 19.7 Å². The Morgan fingerprint density at radius 2 is 1.43 bits per heavy atom.